The molecule has 112 valence electrons. The van der Waals surface area contributed by atoms with Crippen LogP contribution in [0.4, 0.5) is 8.78 Å². The van der Waals surface area contributed by atoms with Crippen molar-refractivity contribution < 1.29 is 18.6 Å². The van der Waals surface area contributed by atoms with Crippen molar-refractivity contribution in [3.63, 3.8) is 0 Å². The number of hydrogen-bond donors (Lipinski definition) is 1. The first-order valence-corrected chi connectivity index (χ1v) is 7.68. The van der Waals surface area contributed by atoms with E-state index in [0.717, 1.165) is 31.7 Å². The number of benzene rings is 1. The van der Waals surface area contributed by atoms with Gasteiger partial charge in [-0.3, -0.25) is 0 Å². The molecule has 1 aromatic carbocycles. The lowest BCUT2D eigenvalue weighted by atomic mass is 9.84. The predicted molar refractivity (Wildman–Crippen MR) is 76.5 cm³/mol. The fourth-order valence-corrected chi connectivity index (χ4v) is 3.32. The minimum Gasteiger partial charge on any atom is -0.385 e. The SMILES string of the molecule is COC1(C(O)c2c(F)ccc(Br)c2F)CCCCCC1. The Hall–Kier alpha value is -0.520. The summed E-state index contributed by atoms with van der Waals surface area (Å²) in [5.41, 5.74) is -1.21. The van der Waals surface area contributed by atoms with Gasteiger partial charge in [-0.05, 0) is 40.9 Å². The van der Waals surface area contributed by atoms with Crippen LogP contribution in [0.1, 0.15) is 50.2 Å². The lowest BCUT2D eigenvalue weighted by Crippen LogP contribution is -2.39. The van der Waals surface area contributed by atoms with Crippen molar-refractivity contribution in [3.05, 3.63) is 33.8 Å². The lowest BCUT2D eigenvalue weighted by molar-refractivity contribution is -0.116. The summed E-state index contributed by atoms with van der Waals surface area (Å²) in [6.45, 7) is 0. The molecule has 0 amide bonds. The van der Waals surface area contributed by atoms with Gasteiger partial charge in [-0.15, -0.1) is 0 Å². The van der Waals surface area contributed by atoms with Crippen LogP contribution in [0.25, 0.3) is 0 Å². The summed E-state index contributed by atoms with van der Waals surface area (Å²) in [6.07, 6.45) is 3.81. The van der Waals surface area contributed by atoms with E-state index in [1.54, 1.807) is 0 Å². The van der Waals surface area contributed by atoms with Gasteiger partial charge in [0.2, 0.25) is 0 Å². The molecule has 2 rings (SSSR count). The molecule has 0 heterocycles. The van der Waals surface area contributed by atoms with Crippen LogP contribution >= 0.6 is 15.9 Å². The van der Waals surface area contributed by atoms with E-state index in [1.165, 1.54) is 13.2 Å². The number of aliphatic hydroxyl groups excluding tert-OH is 1. The standard InChI is InChI=1S/C15H19BrF2O2/c1-20-15(8-4-2-3-5-9-15)14(19)12-11(17)7-6-10(16)13(12)18/h6-7,14,19H,2-5,8-9H2,1H3. The van der Waals surface area contributed by atoms with Crippen LogP contribution in [0, 0.1) is 11.6 Å². The fourth-order valence-electron chi connectivity index (χ4n) is 2.97. The van der Waals surface area contributed by atoms with Gasteiger partial charge in [-0.2, -0.15) is 0 Å². The van der Waals surface area contributed by atoms with Gasteiger partial charge in [0.25, 0.3) is 0 Å². The normalized spacial score (nSPS) is 20.4. The summed E-state index contributed by atoms with van der Waals surface area (Å²) in [5, 5.41) is 10.6. The van der Waals surface area contributed by atoms with Gasteiger partial charge in [0.15, 0.2) is 0 Å². The molecule has 0 aliphatic heterocycles. The second-order valence-electron chi connectivity index (χ2n) is 5.34. The summed E-state index contributed by atoms with van der Waals surface area (Å²) in [5.74, 6) is -1.49. The number of hydrogen-bond acceptors (Lipinski definition) is 2. The highest BCUT2D eigenvalue weighted by atomic mass is 79.9. The Kier molecular flexibility index (Phi) is 5.15. The molecule has 1 atom stereocenters. The van der Waals surface area contributed by atoms with Crippen molar-refractivity contribution in [1.29, 1.82) is 0 Å². The maximum Gasteiger partial charge on any atom is 0.146 e. The highest BCUT2D eigenvalue weighted by Crippen LogP contribution is 2.42. The molecule has 1 saturated carbocycles. The van der Waals surface area contributed by atoms with Crippen LogP contribution in [0.5, 0.6) is 0 Å². The molecule has 20 heavy (non-hydrogen) atoms. The topological polar surface area (TPSA) is 29.5 Å². The van der Waals surface area contributed by atoms with Gasteiger partial charge in [0.05, 0.1) is 15.6 Å². The monoisotopic (exact) mass is 348 g/mol. The minimum atomic E-state index is -1.30. The Morgan fingerprint density at radius 3 is 2.35 bits per heavy atom. The van der Waals surface area contributed by atoms with Gasteiger partial charge in [0.1, 0.15) is 17.7 Å². The van der Waals surface area contributed by atoms with Crippen LogP contribution in [-0.2, 0) is 4.74 Å². The maximum atomic E-state index is 14.2. The number of rotatable bonds is 3. The molecule has 1 fully saturated rings. The molecule has 0 radical (unpaired) electrons. The van der Waals surface area contributed by atoms with Gasteiger partial charge in [-0.25, -0.2) is 8.78 Å². The van der Waals surface area contributed by atoms with E-state index in [-0.39, 0.29) is 10.0 Å². The molecule has 0 aromatic heterocycles. The van der Waals surface area contributed by atoms with E-state index >= 15 is 0 Å². The largest absolute Gasteiger partial charge is 0.385 e. The number of ether oxygens (including phenoxy) is 1. The third kappa shape index (κ3) is 2.90. The van der Waals surface area contributed by atoms with Crippen LogP contribution in [0.15, 0.2) is 16.6 Å². The quantitative estimate of drug-likeness (QED) is 0.643. The van der Waals surface area contributed by atoms with E-state index < -0.39 is 23.3 Å². The summed E-state index contributed by atoms with van der Waals surface area (Å²) in [4.78, 5) is 0. The molecule has 1 aliphatic carbocycles. The lowest BCUT2D eigenvalue weighted by Gasteiger charge is -2.36. The Bertz CT molecular complexity index is 471. The molecule has 0 bridgehead atoms. The second-order valence-corrected chi connectivity index (χ2v) is 6.20. The molecular weight excluding hydrogens is 330 g/mol. The molecular formula is C15H19BrF2O2. The molecule has 1 N–H and O–H groups in total. The Morgan fingerprint density at radius 1 is 1.20 bits per heavy atom. The summed E-state index contributed by atoms with van der Waals surface area (Å²) in [6, 6.07) is 2.46. The highest BCUT2D eigenvalue weighted by molar-refractivity contribution is 9.10. The average Bonchev–Trinajstić information content (AvgIpc) is 2.69. The Balaban J connectivity index is 2.42. The first-order valence-electron chi connectivity index (χ1n) is 6.88. The zero-order chi connectivity index (χ0) is 14.8. The number of halogens is 3. The minimum absolute atomic E-state index is 0.146. The van der Waals surface area contributed by atoms with Crippen molar-refractivity contribution in [2.75, 3.05) is 7.11 Å². The molecule has 1 aliphatic rings. The summed E-state index contributed by atoms with van der Waals surface area (Å²) in [7, 11) is 1.50. The molecule has 5 heteroatoms. The smallest absolute Gasteiger partial charge is 0.146 e. The van der Waals surface area contributed by atoms with Crippen LogP contribution in [0.3, 0.4) is 0 Å². The third-order valence-electron chi connectivity index (χ3n) is 4.21. The zero-order valence-electron chi connectivity index (χ0n) is 11.5. The van der Waals surface area contributed by atoms with E-state index in [1.807, 2.05) is 0 Å². The zero-order valence-corrected chi connectivity index (χ0v) is 13.1. The van der Waals surface area contributed by atoms with E-state index in [9.17, 15) is 13.9 Å². The predicted octanol–water partition coefficient (Wildman–Crippen LogP) is 4.50. The van der Waals surface area contributed by atoms with Gasteiger partial charge in [-0.1, -0.05) is 25.7 Å². The van der Waals surface area contributed by atoms with Crippen molar-refractivity contribution in [2.24, 2.45) is 0 Å². The first kappa shape index (κ1) is 15.9. The molecule has 0 saturated heterocycles. The second kappa shape index (κ2) is 6.50. The van der Waals surface area contributed by atoms with Crippen molar-refractivity contribution in [1.82, 2.24) is 0 Å². The Morgan fingerprint density at radius 2 is 1.80 bits per heavy atom. The first-order chi connectivity index (χ1) is 9.52. The molecule has 1 aromatic rings. The molecule has 0 spiro atoms. The van der Waals surface area contributed by atoms with Crippen molar-refractivity contribution in [3.8, 4) is 0 Å². The maximum absolute atomic E-state index is 14.2. The number of aliphatic hydroxyl groups is 1. The average molecular weight is 349 g/mol. The summed E-state index contributed by atoms with van der Waals surface area (Å²) >= 11 is 3.03. The van der Waals surface area contributed by atoms with Crippen molar-refractivity contribution >= 4 is 15.9 Å². The Labute approximate surface area is 126 Å². The van der Waals surface area contributed by atoms with Crippen LogP contribution < -0.4 is 0 Å². The van der Waals surface area contributed by atoms with Gasteiger partial charge < -0.3 is 9.84 Å². The van der Waals surface area contributed by atoms with E-state index in [0.29, 0.717) is 12.8 Å². The number of methoxy groups -OCH3 is 1. The summed E-state index contributed by atoms with van der Waals surface area (Å²) < 4.78 is 33.8. The van der Waals surface area contributed by atoms with Gasteiger partial charge in [0, 0.05) is 7.11 Å². The van der Waals surface area contributed by atoms with E-state index in [4.69, 9.17) is 4.74 Å². The molecule has 1 unspecified atom stereocenters. The highest BCUT2D eigenvalue weighted by Gasteiger charge is 2.41. The van der Waals surface area contributed by atoms with E-state index in [2.05, 4.69) is 15.9 Å². The fraction of sp³-hybridized carbons (Fsp3) is 0.600. The molecule has 2 nitrogen and oxygen atoms in total. The van der Waals surface area contributed by atoms with Gasteiger partial charge >= 0.3 is 0 Å². The van der Waals surface area contributed by atoms with Crippen LogP contribution in [-0.4, -0.2) is 17.8 Å². The van der Waals surface area contributed by atoms with Crippen molar-refractivity contribution in [2.45, 2.75) is 50.2 Å². The third-order valence-corrected chi connectivity index (χ3v) is 4.82. The van der Waals surface area contributed by atoms with Crippen LogP contribution in [0.2, 0.25) is 0 Å².